The zero-order valence-corrected chi connectivity index (χ0v) is 12.9. The summed E-state index contributed by atoms with van der Waals surface area (Å²) >= 11 is 6.20. The zero-order chi connectivity index (χ0) is 15.5. The van der Waals surface area contributed by atoms with Crippen LogP contribution in [0.4, 0.5) is 0 Å². The summed E-state index contributed by atoms with van der Waals surface area (Å²) in [7, 11) is 0. The average molecular weight is 322 g/mol. The number of carbonyl (C=O) groups is 1. The van der Waals surface area contributed by atoms with Gasteiger partial charge in [-0.2, -0.15) is 0 Å². The number of halogens is 1. The van der Waals surface area contributed by atoms with Crippen molar-refractivity contribution in [3.8, 4) is 11.3 Å². The van der Waals surface area contributed by atoms with Gasteiger partial charge in [0.1, 0.15) is 17.0 Å². The topological polar surface area (TPSA) is 67.6 Å². The van der Waals surface area contributed by atoms with E-state index in [-0.39, 0.29) is 5.91 Å². The Kier molecular flexibility index (Phi) is 4.42. The van der Waals surface area contributed by atoms with Crippen LogP contribution in [-0.4, -0.2) is 42.4 Å². The number of nitrogens with one attached hydrogen (secondary N) is 1. The number of rotatable bonds is 3. The van der Waals surface area contributed by atoms with Gasteiger partial charge in [-0.15, -0.1) is 0 Å². The molecule has 0 unspecified atom stereocenters. The summed E-state index contributed by atoms with van der Waals surface area (Å²) in [6.07, 6.45) is 0. The van der Waals surface area contributed by atoms with E-state index in [0.29, 0.717) is 53.9 Å². The third-order valence-corrected chi connectivity index (χ3v) is 3.82. The van der Waals surface area contributed by atoms with Gasteiger partial charge in [-0.05, 0) is 13.0 Å². The number of morpholine rings is 1. The first-order valence-electron chi connectivity index (χ1n) is 7.01. The van der Waals surface area contributed by atoms with Gasteiger partial charge in [-0.25, -0.2) is 5.01 Å². The summed E-state index contributed by atoms with van der Waals surface area (Å²) in [6.45, 7) is 4.21. The summed E-state index contributed by atoms with van der Waals surface area (Å²) in [4.78, 5) is 12.6. The van der Waals surface area contributed by atoms with Crippen molar-refractivity contribution in [1.82, 2.24) is 15.6 Å². The smallest absolute Gasteiger partial charge is 0.271 e. The van der Waals surface area contributed by atoms with Gasteiger partial charge < -0.3 is 9.26 Å². The SMILES string of the molecule is Cc1onc(-c2ccccc2Cl)c1C(=O)NN1CCOCC1. The molecule has 1 N–H and O–H groups in total. The van der Waals surface area contributed by atoms with Crippen molar-refractivity contribution >= 4 is 17.5 Å². The molecule has 3 rings (SSSR count). The van der Waals surface area contributed by atoms with Crippen LogP contribution in [0.25, 0.3) is 11.3 Å². The van der Waals surface area contributed by atoms with Gasteiger partial charge in [0, 0.05) is 18.7 Å². The molecule has 22 heavy (non-hydrogen) atoms. The zero-order valence-electron chi connectivity index (χ0n) is 12.1. The molecule has 6 nitrogen and oxygen atoms in total. The molecule has 116 valence electrons. The van der Waals surface area contributed by atoms with Gasteiger partial charge >= 0.3 is 0 Å². The summed E-state index contributed by atoms with van der Waals surface area (Å²) in [5.41, 5.74) is 4.39. The molecule has 0 radical (unpaired) electrons. The standard InChI is InChI=1S/C15H16ClN3O3/c1-10-13(15(20)17-19-6-8-21-9-7-19)14(18-22-10)11-4-2-3-5-12(11)16/h2-5H,6-9H2,1H3,(H,17,20). The number of aromatic nitrogens is 1. The minimum Gasteiger partial charge on any atom is -0.379 e. The van der Waals surface area contributed by atoms with E-state index in [1.54, 1.807) is 13.0 Å². The molecule has 1 aliphatic heterocycles. The predicted molar refractivity (Wildman–Crippen MR) is 81.5 cm³/mol. The average Bonchev–Trinajstić information content (AvgIpc) is 2.90. The van der Waals surface area contributed by atoms with E-state index in [0.717, 1.165) is 0 Å². The molecule has 0 atom stereocenters. The van der Waals surface area contributed by atoms with E-state index in [2.05, 4.69) is 10.6 Å². The van der Waals surface area contributed by atoms with Crippen LogP contribution in [0, 0.1) is 6.92 Å². The third kappa shape index (κ3) is 2.99. The fourth-order valence-corrected chi connectivity index (χ4v) is 2.58. The van der Waals surface area contributed by atoms with Crippen molar-refractivity contribution in [3.63, 3.8) is 0 Å². The maximum Gasteiger partial charge on any atom is 0.271 e. The molecule has 2 aromatic rings. The van der Waals surface area contributed by atoms with Crippen LogP contribution in [0.1, 0.15) is 16.1 Å². The van der Waals surface area contributed by atoms with Crippen LogP contribution in [0.3, 0.4) is 0 Å². The Morgan fingerprint density at radius 2 is 2.05 bits per heavy atom. The Bertz CT molecular complexity index is 680. The molecule has 0 bridgehead atoms. The minimum absolute atomic E-state index is 0.254. The lowest BCUT2D eigenvalue weighted by molar-refractivity contribution is 0.0126. The summed E-state index contributed by atoms with van der Waals surface area (Å²) < 4.78 is 10.5. The van der Waals surface area contributed by atoms with E-state index in [1.807, 2.05) is 23.2 Å². The number of amides is 1. The fourth-order valence-electron chi connectivity index (χ4n) is 2.35. The lowest BCUT2D eigenvalue weighted by Crippen LogP contribution is -2.48. The molecule has 1 saturated heterocycles. The van der Waals surface area contributed by atoms with Gasteiger partial charge in [-0.1, -0.05) is 35.0 Å². The molecule has 0 spiro atoms. The van der Waals surface area contributed by atoms with Crippen LogP contribution in [0.15, 0.2) is 28.8 Å². The Morgan fingerprint density at radius 3 is 2.77 bits per heavy atom. The van der Waals surface area contributed by atoms with Crippen LogP contribution in [-0.2, 0) is 4.74 Å². The third-order valence-electron chi connectivity index (χ3n) is 3.49. The van der Waals surface area contributed by atoms with Gasteiger partial charge in [0.2, 0.25) is 0 Å². The second-order valence-corrected chi connectivity index (χ2v) is 5.39. The Hall–Kier alpha value is -1.89. The molecular weight excluding hydrogens is 306 g/mol. The fraction of sp³-hybridized carbons (Fsp3) is 0.333. The first-order valence-corrected chi connectivity index (χ1v) is 7.39. The number of hydrogen-bond donors (Lipinski definition) is 1. The molecule has 1 amide bonds. The molecule has 1 aromatic carbocycles. The van der Waals surface area contributed by atoms with Crippen molar-refractivity contribution in [2.75, 3.05) is 26.3 Å². The van der Waals surface area contributed by atoms with Crippen LogP contribution in [0.2, 0.25) is 5.02 Å². The maximum atomic E-state index is 12.6. The molecule has 1 fully saturated rings. The van der Waals surface area contributed by atoms with Crippen molar-refractivity contribution in [2.45, 2.75) is 6.92 Å². The lowest BCUT2D eigenvalue weighted by atomic mass is 10.1. The van der Waals surface area contributed by atoms with Gasteiger partial charge in [-0.3, -0.25) is 10.2 Å². The molecule has 7 heteroatoms. The van der Waals surface area contributed by atoms with Gasteiger partial charge in [0.25, 0.3) is 5.91 Å². The molecule has 0 saturated carbocycles. The number of benzene rings is 1. The second-order valence-electron chi connectivity index (χ2n) is 4.98. The Balaban J connectivity index is 1.89. The van der Waals surface area contributed by atoms with Crippen molar-refractivity contribution in [1.29, 1.82) is 0 Å². The number of aryl methyl sites for hydroxylation is 1. The number of hydrazine groups is 1. The predicted octanol–water partition coefficient (Wildman–Crippen LogP) is 2.28. The van der Waals surface area contributed by atoms with Crippen molar-refractivity contribution in [3.05, 3.63) is 40.6 Å². The van der Waals surface area contributed by atoms with Crippen LogP contribution in [0.5, 0.6) is 0 Å². The summed E-state index contributed by atoms with van der Waals surface area (Å²) in [5, 5.41) is 6.35. The molecule has 1 aromatic heterocycles. The number of nitrogens with zero attached hydrogens (tertiary/aromatic N) is 2. The summed E-state index contributed by atoms with van der Waals surface area (Å²) in [5.74, 6) is 0.205. The highest BCUT2D eigenvalue weighted by Gasteiger charge is 2.24. The van der Waals surface area contributed by atoms with E-state index in [9.17, 15) is 4.79 Å². The van der Waals surface area contributed by atoms with Gasteiger partial charge in [0.05, 0.1) is 18.2 Å². The molecule has 1 aliphatic rings. The van der Waals surface area contributed by atoms with E-state index in [1.165, 1.54) is 0 Å². The number of hydrogen-bond acceptors (Lipinski definition) is 5. The quantitative estimate of drug-likeness (QED) is 0.939. The first-order chi connectivity index (χ1) is 10.7. The summed E-state index contributed by atoms with van der Waals surface area (Å²) in [6, 6.07) is 7.23. The van der Waals surface area contributed by atoms with E-state index < -0.39 is 0 Å². The normalized spacial score (nSPS) is 15.7. The first kappa shape index (κ1) is 15.0. The maximum absolute atomic E-state index is 12.6. The van der Waals surface area contributed by atoms with Crippen molar-refractivity contribution < 1.29 is 14.1 Å². The molecule has 0 aliphatic carbocycles. The van der Waals surface area contributed by atoms with Crippen LogP contribution < -0.4 is 5.43 Å². The highest BCUT2D eigenvalue weighted by Crippen LogP contribution is 2.30. The monoisotopic (exact) mass is 321 g/mol. The molecule has 2 heterocycles. The minimum atomic E-state index is -0.254. The van der Waals surface area contributed by atoms with Gasteiger partial charge in [0.15, 0.2) is 0 Å². The number of ether oxygens (including phenoxy) is 1. The Morgan fingerprint density at radius 1 is 1.32 bits per heavy atom. The number of carbonyl (C=O) groups excluding carboxylic acids is 1. The largest absolute Gasteiger partial charge is 0.379 e. The van der Waals surface area contributed by atoms with Crippen LogP contribution >= 0.6 is 11.6 Å². The molecular formula is C15H16ClN3O3. The second kappa shape index (κ2) is 6.48. The highest BCUT2D eigenvalue weighted by molar-refractivity contribution is 6.33. The Labute approximate surface area is 132 Å². The van der Waals surface area contributed by atoms with Crippen molar-refractivity contribution in [2.24, 2.45) is 0 Å². The lowest BCUT2D eigenvalue weighted by Gasteiger charge is -2.26. The highest BCUT2D eigenvalue weighted by atomic mass is 35.5. The van der Waals surface area contributed by atoms with E-state index >= 15 is 0 Å². The van der Waals surface area contributed by atoms with E-state index in [4.69, 9.17) is 20.9 Å².